The highest BCUT2D eigenvalue weighted by Crippen LogP contribution is 2.28. The molecule has 3 aromatic rings. The number of ether oxygens (including phenoxy) is 2. The molecule has 0 radical (unpaired) electrons. The number of methoxy groups -OCH3 is 1. The van der Waals surface area contributed by atoms with E-state index in [4.69, 9.17) is 21.1 Å². The minimum Gasteiger partial charge on any atom is -0.497 e. The molecular weight excluding hydrogens is 468 g/mol. The molecule has 0 N–H and O–H groups in total. The van der Waals surface area contributed by atoms with Crippen molar-refractivity contribution < 1.29 is 23.9 Å². The van der Waals surface area contributed by atoms with Gasteiger partial charge < -0.3 is 14.4 Å². The molecule has 1 saturated heterocycles. The number of benzene rings is 3. The zero-order chi connectivity index (χ0) is 24.8. The fourth-order valence-electron chi connectivity index (χ4n) is 4.00. The molecule has 0 aromatic heterocycles. The summed E-state index contributed by atoms with van der Waals surface area (Å²) in [4.78, 5) is 42.0. The first-order valence-corrected chi connectivity index (χ1v) is 11.6. The third kappa shape index (κ3) is 5.81. The van der Waals surface area contributed by atoms with E-state index in [-0.39, 0.29) is 31.4 Å². The number of amides is 3. The van der Waals surface area contributed by atoms with Crippen molar-refractivity contribution in [3.05, 3.63) is 89.4 Å². The molecule has 0 bridgehead atoms. The highest BCUT2D eigenvalue weighted by atomic mass is 35.5. The Labute approximate surface area is 208 Å². The van der Waals surface area contributed by atoms with Crippen LogP contribution in [-0.4, -0.2) is 48.9 Å². The van der Waals surface area contributed by atoms with Crippen LogP contribution in [0.5, 0.6) is 11.5 Å². The van der Waals surface area contributed by atoms with Gasteiger partial charge in [0, 0.05) is 11.6 Å². The monoisotopic (exact) mass is 492 g/mol. The number of hydrogen-bond donors (Lipinski definition) is 0. The maximum absolute atomic E-state index is 13.4. The van der Waals surface area contributed by atoms with Crippen LogP contribution in [0.2, 0.25) is 5.02 Å². The van der Waals surface area contributed by atoms with Crippen LogP contribution in [0.1, 0.15) is 12.0 Å². The summed E-state index contributed by atoms with van der Waals surface area (Å²) < 4.78 is 10.8. The Balaban J connectivity index is 1.54. The SMILES string of the molecule is COc1ccc(N2C(=O)CC(N(CCc3cccc(Cl)c3)C(=O)COc3ccccc3)C2=O)cc1. The van der Waals surface area contributed by atoms with E-state index >= 15 is 0 Å². The zero-order valence-corrected chi connectivity index (χ0v) is 20.0. The van der Waals surface area contributed by atoms with Crippen LogP contribution in [-0.2, 0) is 20.8 Å². The molecule has 1 heterocycles. The third-order valence-corrected chi connectivity index (χ3v) is 6.02. The molecule has 0 spiro atoms. The van der Waals surface area contributed by atoms with E-state index < -0.39 is 11.9 Å². The van der Waals surface area contributed by atoms with E-state index in [0.717, 1.165) is 10.5 Å². The Morgan fingerprint density at radius 3 is 2.43 bits per heavy atom. The molecule has 1 atom stereocenters. The largest absolute Gasteiger partial charge is 0.497 e. The van der Waals surface area contributed by atoms with E-state index in [1.165, 1.54) is 12.0 Å². The number of anilines is 1. The molecule has 0 aliphatic carbocycles. The standard InChI is InChI=1S/C27H25ClN2O5/c1-34-22-12-10-21(11-13-22)30-25(31)17-24(27(30)33)29(15-14-19-6-5-7-20(28)16-19)26(32)18-35-23-8-3-2-4-9-23/h2-13,16,24H,14-15,17-18H2,1H3. The molecule has 1 unspecified atom stereocenters. The van der Waals surface area contributed by atoms with Gasteiger partial charge in [-0.15, -0.1) is 0 Å². The molecule has 35 heavy (non-hydrogen) atoms. The summed E-state index contributed by atoms with van der Waals surface area (Å²) in [5.41, 5.74) is 1.36. The summed E-state index contributed by atoms with van der Waals surface area (Å²) in [6, 6.07) is 22.0. The highest BCUT2D eigenvalue weighted by Gasteiger charge is 2.44. The molecule has 1 aliphatic rings. The second-order valence-electron chi connectivity index (χ2n) is 8.05. The Hall–Kier alpha value is -3.84. The van der Waals surface area contributed by atoms with Gasteiger partial charge in [-0.05, 0) is 60.5 Å². The van der Waals surface area contributed by atoms with Gasteiger partial charge in [-0.1, -0.05) is 41.9 Å². The molecule has 3 amide bonds. The van der Waals surface area contributed by atoms with E-state index in [9.17, 15) is 14.4 Å². The third-order valence-electron chi connectivity index (χ3n) is 5.79. The number of carbonyl (C=O) groups is 3. The molecule has 4 rings (SSSR count). The number of hydrogen-bond acceptors (Lipinski definition) is 5. The summed E-state index contributed by atoms with van der Waals surface area (Å²) in [6.07, 6.45) is 0.371. The molecule has 180 valence electrons. The summed E-state index contributed by atoms with van der Waals surface area (Å²) >= 11 is 6.10. The predicted octanol–water partition coefficient (Wildman–Crippen LogP) is 4.13. The summed E-state index contributed by atoms with van der Waals surface area (Å²) in [6.45, 7) is -0.0163. The van der Waals surface area contributed by atoms with E-state index in [1.54, 1.807) is 42.5 Å². The Kier molecular flexibility index (Phi) is 7.67. The van der Waals surface area contributed by atoms with Gasteiger partial charge in [0.05, 0.1) is 19.2 Å². The van der Waals surface area contributed by atoms with Crippen molar-refractivity contribution in [2.24, 2.45) is 0 Å². The zero-order valence-electron chi connectivity index (χ0n) is 19.2. The maximum atomic E-state index is 13.4. The fraction of sp³-hybridized carbons (Fsp3) is 0.222. The average Bonchev–Trinajstić information content (AvgIpc) is 3.17. The number of rotatable bonds is 9. The molecule has 1 aliphatic heterocycles. The first-order valence-electron chi connectivity index (χ1n) is 11.2. The van der Waals surface area contributed by atoms with Gasteiger partial charge in [-0.3, -0.25) is 14.4 Å². The van der Waals surface area contributed by atoms with Crippen molar-refractivity contribution in [1.29, 1.82) is 0 Å². The second-order valence-corrected chi connectivity index (χ2v) is 8.49. The molecule has 7 nitrogen and oxygen atoms in total. The maximum Gasteiger partial charge on any atom is 0.261 e. The smallest absolute Gasteiger partial charge is 0.261 e. The van der Waals surface area contributed by atoms with Gasteiger partial charge in [0.15, 0.2) is 6.61 Å². The molecular formula is C27H25ClN2O5. The normalized spacial score (nSPS) is 15.3. The lowest BCUT2D eigenvalue weighted by Crippen LogP contribution is -2.48. The lowest BCUT2D eigenvalue weighted by molar-refractivity contribution is -0.140. The summed E-state index contributed by atoms with van der Waals surface area (Å²) in [5.74, 6) is -0.0299. The number of halogens is 1. The molecule has 0 saturated carbocycles. The second kappa shape index (κ2) is 11.1. The lowest BCUT2D eigenvalue weighted by Gasteiger charge is -2.28. The molecule has 8 heteroatoms. The highest BCUT2D eigenvalue weighted by molar-refractivity contribution is 6.30. The summed E-state index contributed by atoms with van der Waals surface area (Å²) in [5, 5.41) is 0.589. The van der Waals surface area contributed by atoms with Gasteiger partial charge in [0.1, 0.15) is 17.5 Å². The average molecular weight is 493 g/mol. The van der Waals surface area contributed by atoms with Crippen LogP contribution < -0.4 is 14.4 Å². The van der Waals surface area contributed by atoms with Gasteiger partial charge in [0.2, 0.25) is 5.91 Å². The van der Waals surface area contributed by atoms with Crippen molar-refractivity contribution in [1.82, 2.24) is 4.90 Å². The fourth-order valence-corrected chi connectivity index (χ4v) is 4.22. The van der Waals surface area contributed by atoms with Crippen LogP contribution in [0.4, 0.5) is 5.69 Å². The molecule has 1 fully saturated rings. The van der Waals surface area contributed by atoms with Crippen LogP contribution >= 0.6 is 11.6 Å². The van der Waals surface area contributed by atoms with Gasteiger partial charge in [-0.2, -0.15) is 0 Å². The van der Waals surface area contributed by atoms with Crippen LogP contribution in [0.25, 0.3) is 0 Å². The quantitative estimate of drug-likeness (QED) is 0.420. The van der Waals surface area contributed by atoms with Gasteiger partial charge >= 0.3 is 0 Å². The Morgan fingerprint density at radius 2 is 1.74 bits per heavy atom. The number of carbonyl (C=O) groups excluding carboxylic acids is 3. The van der Waals surface area contributed by atoms with Crippen molar-refractivity contribution in [2.45, 2.75) is 18.9 Å². The van der Waals surface area contributed by atoms with Gasteiger partial charge in [0.25, 0.3) is 11.8 Å². The van der Waals surface area contributed by atoms with E-state index in [1.807, 2.05) is 36.4 Å². The topological polar surface area (TPSA) is 76.2 Å². The minimum atomic E-state index is -0.921. The van der Waals surface area contributed by atoms with Crippen LogP contribution in [0.3, 0.4) is 0 Å². The number of para-hydroxylation sites is 1. The molecule has 3 aromatic carbocycles. The van der Waals surface area contributed by atoms with Crippen molar-refractivity contribution in [2.75, 3.05) is 25.2 Å². The van der Waals surface area contributed by atoms with E-state index in [2.05, 4.69) is 0 Å². The number of imide groups is 1. The minimum absolute atomic E-state index is 0.0997. The van der Waals surface area contributed by atoms with Crippen molar-refractivity contribution in [3.8, 4) is 11.5 Å². The predicted molar refractivity (Wildman–Crippen MR) is 133 cm³/mol. The van der Waals surface area contributed by atoms with Gasteiger partial charge in [-0.25, -0.2) is 4.90 Å². The van der Waals surface area contributed by atoms with Crippen molar-refractivity contribution in [3.63, 3.8) is 0 Å². The van der Waals surface area contributed by atoms with E-state index in [0.29, 0.717) is 28.6 Å². The lowest BCUT2D eigenvalue weighted by atomic mass is 10.1. The Morgan fingerprint density at radius 1 is 1.00 bits per heavy atom. The summed E-state index contributed by atoms with van der Waals surface area (Å²) in [7, 11) is 1.54. The number of nitrogens with zero attached hydrogens (tertiary/aromatic N) is 2. The first-order chi connectivity index (χ1) is 17.0. The van der Waals surface area contributed by atoms with Crippen molar-refractivity contribution >= 4 is 35.0 Å². The van der Waals surface area contributed by atoms with Crippen LogP contribution in [0, 0.1) is 0 Å². The Bertz CT molecular complexity index is 1200. The first kappa shape index (κ1) is 24.3. The van der Waals surface area contributed by atoms with Crippen LogP contribution in [0.15, 0.2) is 78.9 Å².